The molecular weight excluding hydrogens is 428 g/mol. The molecule has 4 aliphatic rings. The highest BCUT2D eigenvalue weighted by molar-refractivity contribution is 5.00. The third kappa shape index (κ3) is 4.71. The third-order valence-corrected chi connectivity index (χ3v) is 7.67. The summed E-state index contributed by atoms with van der Waals surface area (Å²) in [5.41, 5.74) is 0. The van der Waals surface area contributed by atoms with Gasteiger partial charge in [0.05, 0.1) is 43.2 Å². The fraction of sp³-hybridized carbons (Fsp3) is 1.00. The highest BCUT2D eigenvalue weighted by Gasteiger charge is 2.53. The number of aliphatic hydroxyl groups excluding tert-OH is 8. The summed E-state index contributed by atoms with van der Waals surface area (Å²) in [7, 11) is 0. The molecule has 4 rings (SSSR count). The minimum absolute atomic E-state index is 0.229. The van der Waals surface area contributed by atoms with Crippen LogP contribution in [0, 0.1) is 11.8 Å². The zero-order valence-corrected chi connectivity index (χ0v) is 17.8. The Morgan fingerprint density at radius 2 is 1.47 bits per heavy atom. The molecule has 186 valence electrons. The van der Waals surface area contributed by atoms with Gasteiger partial charge in [0.2, 0.25) is 0 Å². The molecule has 0 aromatic carbocycles. The van der Waals surface area contributed by atoms with E-state index < -0.39 is 80.0 Å². The van der Waals surface area contributed by atoms with E-state index in [9.17, 15) is 40.9 Å². The topological polar surface area (TPSA) is 190 Å². The first-order valence-electron chi connectivity index (χ1n) is 11.5. The van der Waals surface area contributed by atoms with Gasteiger partial charge in [0.1, 0.15) is 30.5 Å². The van der Waals surface area contributed by atoms with Crippen LogP contribution >= 0.6 is 0 Å². The lowest BCUT2D eigenvalue weighted by Crippen LogP contribution is -2.64. The van der Waals surface area contributed by atoms with Gasteiger partial charge in [-0.2, -0.15) is 0 Å². The maximum atomic E-state index is 11.2. The second kappa shape index (κ2) is 10.0. The fourth-order valence-corrected chi connectivity index (χ4v) is 5.73. The number of hydrogen-bond donors (Lipinski definition) is 8. The van der Waals surface area contributed by atoms with E-state index >= 15 is 0 Å². The van der Waals surface area contributed by atoms with E-state index in [1.807, 2.05) is 0 Å². The fourth-order valence-electron chi connectivity index (χ4n) is 5.73. The lowest BCUT2D eigenvalue weighted by atomic mass is 9.72. The largest absolute Gasteiger partial charge is 0.394 e. The number of fused-ring (bicyclic) bond motifs is 1. The van der Waals surface area contributed by atoms with Crippen LogP contribution in [0.1, 0.15) is 38.5 Å². The van der Waals surface area contributed by atoms with Crippen LogP contribution in [0.15, 0.2) is 0 Å². The van der Waals surface area contributed by atoms with Crippen LogP contribution in [0.4, 0.5) is 0 Å². The highest BCUT2D eigenvalue weighted by Crippen LogP contribution is 2.43. The van der Waals surface area contributed by atoms with Crippen molar-refractivity contribution >= 4 is 0 Å². The van der Waals surface area contributed by atoms with Crippen LogP contribution in [-0.2, 0) is 14.2 Å². The molecule has 2 saturated carbocycles. The van der Waals surface area contributed by atoms with Crippen molar-refractivity contribution in [2.45, 2.75) is 112 Å². The summed E-state index contributed by atoms with van der Waals surface area (Å²) in [6.45, 7) is -0.604. The molecule has 2 aliphatic carbocycles. The summed E-state index contributed by atoms with van der Waals surface area (Å²) in [5, 5.41) is 81.4. The van der Waals surface area contributed by atoms with Crippen LogP contribution < -0.4 is 0 Å². The van der Waals surface area contributed by atoms with Crippen LogP contribution in [0.2, 0.25) is 0 Å². The molecule has 0 bridgehead atoms. The Morgan fingerprint density at radius 1 is 0.719 bits per heavy atom. The summed E-state index contributed by atoms with van der Waals surface area (Å²) in [6, 6.07) is 0. The van der Waals surface area contributed by atoms with E-state index in [0.717, 1.165) is 0 Å². The first kappa shape index (κ1) is 24.7. The highest BCUT2D eigenvalue weighted by atomic mass is 16.7. The Labute approximate surface area is 186 Å². The zero-order chi connectivity index (χ0) is 23.2. The normalized spacial score (nSPS) is 54.8. The predicted molar refractivity (Wildman–Crippen MR) is 106 cm³/mol. The van der Waals surface area contributed by atoms with Crippen LogP contribution in [0.25, 0.3) is 0 Å². The third-order valence-electron chi connectivity index (χ3n) is 7.67. The number of aliphatic hydroxyl groups is 8. The monoisotopic (exact) mass is 464 g/mol. The molecule has 32 heavy (non-hydrogen) atoms. The quantitative estimate of drug-likeness (QED) is 0.211. The van der Waals surface area contributed by atoms with Crippen molar-refractivity contribution in [3.8, 4) is 0 Å². The minimum Gasteiger partial charge on any atom is -0.394 e. The summed E-state index contributed by atoms with van der Waals surface area (Å²) < 4.78 is 17.8. The number of rotatable bonds is 4. The first-order chi connectivity index (χ1) is 15.2. The van der Waals surface area contributed by atoms with Gasteiger partial charge in [0.25, 0.3) is 0 Å². The van der Waals surface area contributed by atoms with Crippen molar-refractivity contribution < 1.29 is 55.1 Å². The van der Waals surface area contributed by atoms with Crippen molar-refractivity contribution in [2.75, 3.05) is 6.61 Å². The lowest BCUT2D eigenvalue weighted by molar-refractivity contribution is -0.344. The molecule has 0 aromatic rings. The van der Waals surface area contributed by atoms with E-state index in [-0.39, 0.29) is 18.3 Å². The lowest BCUT2D eigenvalue weighted by Gasteiger charge is -2.52. The van der Waals surface area contributed by atoms with Gasteiger partial charge in [0, 0.05) is 5.92 Å². The Hall–Kier alpha value is -0.440. The Balaban J connectivity index is 1.56. The van der Waals surface area contributed by atoms with Crippen LogP contribution in [-0.4, -0.2) is 121 Å². The van der Waals surface area contributed by atoms with Crippen molar-refractivity contribution in [1.29, 1.82) is 0 Å². The van der Waals surface area contributed by atoms with E-state index in [0.29, 0.717) is 32.1 Å². The molecule has 8 N–H and O–H groups in total. The molecule has 14 atom stereocenters. The van der Waals surface area contributed by atoms with Crippen LogP contribution in [0.5, 0.6) is 0 Å². The Bertz CT molecular complexity index is 621. The van der Waals surface area contributed by atoms with Crippen LogP contribution in [0.3, 0.4) is 0 Å². The van der Waals surface area contributed by atoms with Gasteiger partial charge in [-0.05, 0) is 44.4 Å². The maximum absolute atomic E-state index is 11.2. The molecule has 2 aliphatic heterocycles. The van der Waals surface area contributed by atoms with Gasteiger partial charge in [-0.3, -0.25) is 0 Å². The molecule has 11 nitrogen and oxygen atoms in total. The standard InChI is InChI=1S/C21H36O11/c22-7-14-16(27)17(28)18(29)21(31-14)32-20-15(26)10-3-2-9(23)6-13(10)30-19(20)8-1-4-11(24)12(25)5-8/h8-29H,1-7H2. The van der Waals surface area contributed by atoms with Gasteiger partial charge in [-0.15, -0.1) is 0 Å². The average Bonchev–Trinajstić information content (AvgIpc) is 2.77. The van der Waals surface area contributed by atoms with E-state index in [2.05, 4.69) is 0 Å². The molecule has 11 heteroatoms. The summed E-state index contributed by atoms with van der Waals surface area (Å²) in [4.78, 5) is 0. The molecule has 2 heterocycles. The summed E-state index contributed by atoms with van der Waals surface area (Å²) >= 11 is 0. The van der Waals surface area contributed by atoms with Crippen molar-refractivity contribution in [2.24, 2.45) is 11.8 Å². The molecule has 2 saturated heterocycles. The predicted octanol–water partition coefficient (Wildman–Crippen LogP) is -3.02. The first-order valence-corrected chi connectivity index (χ1v) is 11.5. The SMILES string of the molecule is OCC1OC(OC2C(O)C3CCC(O)CC3OC2C2CCC(O)C(O)C2)C(O)C(O)C1O. The average molecular weight is 465 g/mol. The second-order valence-corrected chi connectivity index (χ2v) is 9.77. The Morgan fingerprint density at radius 3 is 2.16 bits per heavy atom. The Kier molecular flexibility index (Phi) is 7.75. The zero-order valence-electron chi connectivity index (χ0n) is 17.8. The minimum atomic E-state index is -1.62. The molecule has 0 amide bonds. The molecule has 0 spiro atoms. The van der Waals surface area contributed by atoms with Crippen molar-refractivity contribution in [1.82, 2.24) is 0 Å². The van der Waals surface area contributed by atoms with E-state index in [1.165, 1.54) is 0 Å². The number of ether oxygens (including phenoxy) is 3. The van der Waals surface area contributed by atoms with E-state index in [4.69, 9.17) is 14.2 Å². The van der Waals surface area contributed by atoms with Gasteiger partial charge in [-0.1, -0.05) is 0 Å². The number of hydrogen-bond acceptors (Lipinski definition) is 11. The van der Waals surface area contributed by atoms with Gasteiger partial charge < -0.3 is 55.1 Å². The summed E-state index contributed by atoms with van der Waals surface area (Å²) in [6.07, 6.45) is -10.3. The maximum Gasteiger partial charge on any atom is 0.187 e. The van der Waals surface area contributed by atoms with Crippen molar-refractivity contribution in [3.63, 3.8) is 0 Å². The molecule has 14 unspecified atom stereocenters. The molecule has 0 aromatic heterocycles. The van der Waals surface area contributed by atoms with Crippen molar-refractivity contribution in [3.05, 3.63) is 0 Å². The second-order valence-electron chi connectivity index (χ2n) is 9.77. The van der Waals surface area contributed by atoms with Gasteiger partial charge in [0.15, 0.2) is 6.29 Å². The van der Waals surface area contributed by atoms with E-state index in [1.54, 1.807) is 0 Å². The summed E-state index contributed by atoms with van der Waals surface area (Å²) in [5.74, 6) is -0.582. The van der Waals surface area contributed by atoms with Gasteiger partial charge >= 0.3 is 0 Å². The molecule has 4 fully saturated rings. The van der Waals surface area contributed by atoms with Gasteiger partial charge in [-0.25, -0.2) is 0 Å². The molecular formula is C21H36O11. The smallest absolute Gasteiger partial charge is 0.187 e. The molecule has 0 radical (unpaired) electrons.